The van der Waals surface area contributed by atoms with Crippen molar-refractivity contribution in [3.8, 4) is 17.1 Å². The fraction of sp³-hybridized carbons (Fsp3) is 0.389. The summed E-state index contributed by atoms with van der Waals surface area (Å²) < 4.78 is 18.9. The molecule has 4 nitrogen and oxygen atoms in total. The normalized spacial score (nSPS) is 10.6. The van der Waals surface area contributed by atoms with Crippen molar-refractivity contribution in [3.63, 3.8) is 0 Å². The molecule has 0 saturated heterocycles. The Kier molecular flexibility index (Phi) is 6.20. The molecule has 0 atom stereocenters. The van der Waals surface area contributed by atoms with Gasteiger partial charge in [0.1, 0.15) is 0 Å². The minimum Gasteiger partial charge on any atom is -0.423 e. The number of rotatable bonds is 7. The molecule has 0 fully saturated rings. The number of hydrogen-bond acceptors (Lipinski definition) is 4. The van der Waals surface area contributed by atoms with Crippen LogP contribution in [0.1, 0.15) is 45.1 Å². The van der Waals surface area contributed by atoms with Crippen LogP contribution in [0, 0.1) is 5.82 Å². The summed E-state index contributed by atoms with van der Waals surface area (Å²) in [6.07, 6.45) is 8.18. The van der Waals surface area contributed by atoms with Crippen molar-refractivity contribution in [3.05, 3.63) is 42.0 Å². The highest BCUT2D eigenvalue weighted by atomic mass is 19.1. The lowest BCUT2D eigenvalue weighted by Crippen LogP contribution is -2.06. The molecular weight excluding hydrogens is 295 g/mol. The van der Waals surface area contributed by atoms with Gasteiger partial charge in [-0.3, -0.25) is 4.79 Å². The van der Waals surface area contributed by atoms with E-state index in [4.69, 9.17) is 4.74 Å². The van der Waals surface area contributed by atoms with Gasteiger partial charge in [0.25, 0.3) is 0 Å². The Bertz CT molecular complexity index is 657. The standard InChI is InChI=1S/C18H21FN2O2/c1-3-5-6-7-13-11-20-18(21-12-13)14-8-9-16(15(19)10-14)23-17(22)4-2/h8-12H,3-7H2,1-2H3. The molecule has 23 heavy (non-hydrogen) atoms. The van der Waals surface area contributed by atoms with Crippen molar-refractivity contribution in [2.24, 2.45) is 0 Å². The quantitative estimate of drug-likeness (QED) is 0.433. The fourth-order valence-electron chi connectivity index (χ4n) is 2.13. The molecule has 0 radical (unpaired) electrons. The van der Waals surface area contributed by atoms with Crippen molar-refractivity contribution in [1.82, 2.24) is 9.97 Å². The van der Waals surface area contributed by atoms with Crippen LogP contribution in [0.25, 0.3) is 11.4 Å². The zero-order valence-electron chi connectivity index (χ0n) is 13.5. The highest BCUT2D eigenvalue weighted by molar-refractivity contribution is 5.72. The maximum Gasteiger partial charge on any atom is 0.310 e. The molecule has 0 spiro atoms. The van der Waals surface area contributed by atoms with Gasteiger partial charge < -0.3 is 4.74 Å². The topological polar surface area (TPSA) is 52.1 Å². The molecule has 1 aromatic heterocycles. The Morgan fingerprint density at radius 2 is 1.91 bits per heavy atom. The molecule has 2 aromatic rings. The number of ether oxygens (including phenoxy) is 1. The Hall–Kier alpha value is -2.30. The molecule has 0 N–H and O–H groups in total. The third kappa shape index (κ3) is 4.84. The number of aryl methyl sites for hydroxylation is 1. The lowest BCUT2D eigenvalue weighted by Gasteiger charge is -2.06. The first-order valence-electron chi connectivity index (χ1n) is 7.95. The van der Waals surface area contributed by atoms with Crippen LogP contribution in [0.4, 0.5) is 4.39 Å². The highest BCUT2D eigenvalue weighted by Gasteiger charge is 2.11. The van der Waals surface area contributed by atoms with Crippen LogP contribution in [-0.4, -0.2) is 15.9 Å². The predicted octanol–water partition coefficient (Wildman–Crippen LogP) is 4.33. The smallest absolute Gasteiger partial charge is 0.310 e. The van der Waals surface area contributed by atoms with E-state index in [-0.39, 0.29) is 12.2 Å². The van der Waals surface area contributed by atoms with Gasteiger partial charge >= 0.3 is 5.97 Å². The Morgan fingerprint density at radius 3 is 2.52 bits per heavy atom. The molecule has 0 amide bonds. The second kappa shape index (κ2) is 8.36. The Labute approximate surface area is 135 Å². The summed E-state index contributed by atoms with van der Waals surface area (Å²) in [5.74, 6) is -0.683. The van der Waals surface area contributed by atoms with Crippen molar-refractivity contribution < 1.29 is 13.9 Å². The summed E-state index contributed by atoms with van der Waals surface area (Å²) in [5.41, 5.74) is 1.63. The van der Waals surface area contributed by atoms with E-state index in [9.17, 15) is 9.18 Å². The molecule has 0 aliphatic heterocycles. The monoisotopic (exact) mass is 316 g/mol. The summed E-state index contributed by atoms with van der Waals surface area (Å²) in [6.45, 7) is 3.82. The molecule has 0 unspecified atom stereocenters. The van der Waals surface area contributed by atoms with Gasteiger partial charge in [-0.1, -0.05) is 26.7 Å². The van der Waals surface area contributed by atoms with Crippen LogP contribution in [0.3, 0.4) is 0 Å². The lowest BCUT2D eigenvalue weighted by molar-refractivity contribution is -0.134. The summed E-state index contributed by atoms with van der Waals surface area (Å²) in [5, 5.41) is 0. The number of hydrogen-bond donors (Lipinski definition) is 0. The van der Waals surface area contributed by atoms with Crippen LogP contribution >= 0.6 is 0 Å². The largest absolute Gasteiger partial charge is 0.423 e. The van der Waals surface area contributed by atoms with Gasteiger partial charge in [0.05, 0.1) is 0 Å². The summed E-state index contributed by atoms with van der Waals surface area (Å²) in [7, 11) is 0. The minimum absolute atomic E-state index is 0.0724. The first kappa shape index (κ1) is 17.1. The third-order valence-electron chi connectivity index (χ3n) is 3.48. The number of carbonyl (C=O) groups is 1. The molecule has 0 saturated carbocycles. The zero-order chi connectivity index (χ0) is 16.7. The van der Waals surface area contributed by atoms with Gasteiger partial charge in [0.15, 0.2) is 17.4 Å². The van der Waals surface area contributed by atoms with E-state index >= 15 is 0 Å². The molecule has 1 heterocycles. The van der Waals surface area contributed by atoms with Crippen molar-refractivity contribution in [2.45, 2.75) is 46.0 Å². The van der Waals surface area contributed by atoms with Crippen LogP contribution in [0.5, 0.6) is 5.75 Å². The zero-order valence-corrected chi connectivity index (χ0v) is 13.5. The molecule has 1 aromatic carbocycles. The van der Waals surface area contributed by atoms with Gasteiger partial charge in [0.2, 0.25) is 0 Å². The highest BCUT2D eigenvalue weighted by Crippen LogP contribution is 2.24. The molecule has 2 rings (SSSR count). The first-order chi connectivity index (χ1) is 11.1. The number of esters is 1. The number of carbonyl (C=O) groups excluding carboxylic acids is 1. The molecule has 0 bridgehead atoms. The van der Waals surface area contributed by atoms with Gasteiger partial charge in [-0.05, 0) is 36.6 Å². The molecular formula is C18H21FN2O2. The van der Waals surface area contributed by atoms with E-state index in [1.807, 2.05) is 0 Å². The second-order valence-corrected chi connectivity index (χ2v) is 5.34. The molecule has 5 heteroatoms. The first-order valence-corrected chi connectivity index (χ1v) is 7.95. The number of nitrogens with zero attached hydrogens (tertiary/aromatic N) is 2. The predicted molar refractivity (Wildman–Crippen MR) is 86.6 cm³/mol. The van der Waals surface area contributed by atoms with Crippen molar-refractivity contribution >= 4 is 5.97 Å². The van der Waals surface area contributed by atoms with Crippen molar-refractivity contribution in [1.29, 1.82) is 0 Å². The van der Waals surface area contributed by atoms with E-state index in [0.29, 0.717) is 11.4 Å². The summed E-state index contributed by atoms with van der Waals surface area (Å²) in [4.78, 5) is 19.8. The maximum atomic E-state index is 14.0. The molecule has 122 valence electrons. The van der Waals surface area contributed by atoms with Gasteiger partial charge in [-0.15, -0.1) is 0 Å². The van der Waals surface area contributed by atoms with Gasteiger partial charge in [0, 0.05) is 24.4 Å². The van der Waals surface area contributed by atoms with Crippen LogP contribution < -0.4 is 4.74 Å². The minimum atomic E-state index is -0.597. The number of unbranched alkanes of at least 4 members (excludes halogenated alkanes) is 2. The molecule has 0 aliphatic rings. The van der Waals surface area contributed by atoms with Crippen LogP contribution in [0.2, 0.25) is 0 Å². The maximum absolute atomic E-state index is 14.0. The van der Waals surface area contributed by atoms with Gasteiger partial charge in [-0.2, -0.15) is 0 Å². The summed E-state index contributed by atoms with van der Waals surface area (Å²) >= 11 is 0. The van der Waals surface area contributed by atoms with Crippen LogP contribution in [0.15, 0.2) is 30.6 Å². The van der Waals surface area contributed by atoms with E-state index in [0.717, 1.165) is 18.4 Å². The van der Waals surface area contributed by atoms with Gasteiger partial charge in [-0.25, -0.2) is 14.4 Å². The second-order valence-electron chi connectivity index (χ2n) is 5.34. The third-order valence-corrected chi connectivity index (χ3v) is 3.48. The molecule has 0 aliphatic carbocycles. The number of halogens is 1. The fourth-order valence-corrected chi connectivity index (χ4v) is 2.13. The number of benzene rings is 1. The average Bonchev–Trinajstić information content (AvgIpc) is 2.57. The van der Waals surface area contributed by atoms with E-state index in [2.05, 4.69) is 16.9 Å². The van der Waals surface area contributed by atoms with E-state index < -0.39 is 11.8 Å². The average molecular weight is 316 g/mol. The summed E-state index contributed by atoms with van der Waals surface area (Å²) in [6, 6.07) is 4.36. The Balaban J connectivity index is 2.09. The van der Waals surface area contributed by atoms with E-state index in [1.54, 1.807) is 25.4 Å². The van der Waals surface area contributed by atoms with E-state index in [1.165, 1.54) is 25.0 Å². The van der Waals surface area contributed by atoms with Crippen LogP contribution in [-0.2, 0) is 11.2 Å². The SMILES string of the molecule is CCCCCc1cnc(-c2ccc(OC(=O)CC)c(F)c2)nc1. The van der Waals surface area contributed by atoms with Crippen molar-refractivity contribution in [2.75, 3.05) is 0 Å². The number of aromatic nitrogens is 2. The Morgan fingerprint density at radius 1 is 1.17 bits per heavy atom. The lowest BCUT2D eigenvalue weighted by atomic mass is 10.1.